The number of nitrogens with one attached hydrogen (secondary N) is 1. The zero-order valence-corrected chi connectivity index (χ0v) is 10.9. The summed E-state index contributed by atoms with van der Waals surface area (Å²) in [6, 6.07) is -0.156. The molecule has 0 radical (unpaired) electrons. The number of aromatic nitrogens is 2. The second-order valence-electron chi connectivity index (χ2n) is 5.27. The van der Waals surface area contributed by atoms with Gasteiger partial charge in [-0.05, 0) is 42.7 Å². The molecule has 0 aromatic carbocycles. The summed E-state index contributed by atoms with van der Waals surface area (Å²) >= 11 is 5.66. The van der Waals surface area contributed by atoms with E-state index in [0.29, 0.717) is 11.8 Å². The van der Waals surface area contributed by atoms with Gasteiger partial charge in [0.05, 0.1) is 12.1 Å². The van der Waals surface area contributed by atoms with E-state index in [9.17, 15) is 9.18 Å². The van der Waals surface area contributed by atoms with Crippen LogP contribution in [0.3, 0.4) is 0 Å². The van der Waals surface area contributed by atoms with Crippen molar-refractivity contribution in [2.24, 2.45) is 23.5 Å². The number of carbonyl (C=O) groups is 1. The minimum atomic E-state index is -0.574. The minimum absolute atomic E-state index is 0.0253. The molecule has 3 N–H and O–H groups in total. The van der Waals surface area contributed by atoms with Gasteiger partial charge in [0.1, 0.15) is 0 Å². The van der Waals surface area contributed by atoms with Crippen molar-refractivity contribution in [3.8, 4) is 0 Å². The van der Waals surface area contributed by atoms with Gasteiger partial charge in [0, 0.05) is 6.04 Å². The molecule has 2 fully saturated rings. The van der Waals surface area contributed by atoms with Crippen LogP contribution in [0.4, 0.5) is 10.2 Å². The molecule has 0 unspecified atom stereocenters. The topological polar surface area (TPSA) is 80.9 Å². The number of hydrogen-bond donors (Lipinski definition) is 2. The third-order valence-electron chi connectivity index (χ3n) is 4.26. The van der Waals surface area contributed by atoms with E-state index in [1.54, 1.807) is 0 Å². The Labute approximate surface area is 114 Å². The summed E-state index contributed by atoms with van der Waals surface area (Å²) in [6.45, 7) is 0. The second kappa shape index (κ2) is 4.59. The van der Waals surface area contributed by atoms with Crippen LogP contribution in [0.1, 0.15) is 19.3 Å². The van der Waals surface area contributed by atoms with E-state index in [4.69, 9.17) is 17.3 Å². The van der Waals surface area contributed by atoms with Crippen molar-refractivity contribution in [3.05, 3.63) is 17.3 Å². The summed E-state index contributed by atoms with van der Waals surface area (Å²) in [6.07, 6.45) is 4.03. The van der Waals surface area contributed by atoms with E-state index >= 15 is 0 Å². The zero-order valence-electron chi connectivity index (χ0n) is 10.1. The molecule has 1 aromatic rings. The number of amides is 1. The first-order valence-electron chi connectivity index (χ1n) is 6.30. The standard InChI is InChI=1S/C12H14ClFN4O/c13-12-16-4-7(14)11(18-12)17-9-6-2-1-5(3-6)8(9)10(15)19/h4-6,8-9H,1-3H2,(H2,15,19)(H,16,17,18)/t5-,6+,8+,9-/m1/s1. The molecule has 7 heteroatoms. The van der Waals surface area contributed by atoms with Crippen LogP contribution in [-0.4, -0.2) is 21.9 Å². The third-order valence-corrected chi connectivity index (χ3v) is 4.45. The lowest BCUT2D eigenvalue weighted by Crippen LogP contribution is -2.42. The Morgan fingerprint density at radius 1 is 1.47 bits per heavy atom. The van der Waals surface area contributed by atoms with E-state index in [2.05, 4.69) is 15.3 Å². The fraction of sp³-hybridized carbons (Fsp3) is 0.583. The summed E-state index contributed by atoms with van der Waals surface area (Å²) in [4.78, 5) is 19.0. The number of nitrogens with two attached hydrogens (primary N) is 1. The molecule has 1 aromatic heterocycles. The first kappa shape index (κ1) is 12.6. The van der Waals surface area contributed by atoms with Crippen LogP contribution in [-0.2, 0) is 4.79 Å². The molecule has 2 saturated carbocycles. The van der Waals surface area contributed by atoms with Crippen LogP contribution in [0.5, 0.6) is 0 Å². The van der Waals surface area contributed by atoms with Crippen molar-refractivity contribution in [1.29, 1.82) is 0 Å². The highest BCUT2D eigenvalue weighted by atomic mass is 35.5. The maximum absolute atomic E-state index is 13.6. The Morgan fingerprint density at radius 2 is 2.21 bits per heavy atom. The van der Waals surface area contributed by atoms with Gasteiger partial charge in [-0.15, -0.1) is 0 Å². The number of halogens is 2. The highest BCUT2D eigenvalue weighted by Crippen LogP contribution is 2.49. The number of anilines is 1. The van der Waals surface area contributed by atoms with Crippen molar-refractivity contribution in [3.63, 3.8) is 0 Å². The summed E-state index contributed by atoms with van der Waals surface area (Å²) in [5.41, 5.74) is 5.46. The first-order valence-corrected chi connectivity index (χ1v) is 6.68. The van der Waals surface area contributed by atoms with Crippen LogP contribution < -0.4 is 11.1 Å². The van der Waals surface area contributed by atoms with Crippen molar-refractivity contribution in [2.45, 2.75) is 25.3 Å². The highest BCUT2D eigenvalue weighted by Gasteiger charge is 2.50. The molecule has 0 saturated heterocycles. The number of carbonyl (C=O) groups excluding carboxylic acids is 1. The van der Waals surface area contributed by atoms with E-state index in [0.717, 1.165) is 25.5 Å². The summed E-state index contributed by atoms with van der Waals surface area (Å²) in [7, 11) is 0. The van der Waals surface area contributed by atoms with Gasteiger partial charge >= 0.3 is 0 Å². The Hall–Kier alpha value is -1.43. The molecule has 2 bridgehead atoms. The van der Waals surface area contributed by atoms with Gasteiger partial charge in [-0.25, -0.2) is 9.37 Å². The summed E-state index contributed by atoms with van der Waals surface area (Å²) in [5.74, 6) is -0.465. The Bertz CT molecular complexity index is 526. The van der Waals surface area contributed by atoms with Gasteiger partial charge in [0.2, 0.25) is 11.2 Å². The van der Waals surface area contributed by atoms with Gasteiger partial charge < -0.3 is 11.1 Å². The quantitative estimate of drug-likeness (QED) is 0.826. The minimum Gasteiger partial charge on any atom is -0.369 e. The Balaban J connectivity index is 1.85. The van der Waals surface area contributed by atoms with Gasteiger partial charge in [-0.1, -0.05) is 0 Å². The van der Waals surface area contributed by atoms with Crippen molar-refractivity contribution in [1.82, 2.24) is 9.97 Å². The number of hydrogen-bond acceptors (Lipinski definition) is 4. The zero-order chi connectivity index (χ0) is 13.6. The lowest BCUT2D eigenvalue weighted by atomic mass is 9.84. The maximum Gasteiger partial charge on any atom is 0.224 e. The Kier molecular flexibility index (Phi) is 3.05. The van der Waals surface area contributed by atoms with E-state index in [-0.39, 0.29) is 29.0 Å². The van der Waals surface area contributed by atoms with Gasteiger partial charge in [0.15, 0.2) is 11.6 Å². The number of primary amides is 1. The predicted octanol–water partition coefficient (Wildman–Crippen LogP) is 1.58. The first-order chi connectivity index (χ1) is 9.06. The molecule has 102 valence electrons. The molecule has 1 amide bonds. The molecule has 0 spiro atoms. The number of rotatable bonds is 3. The van der Waals surface area contributed by atoms with E-state index < -0.39 is 5.82 Å². The molecule has 2 aliphatic rings. The molecular weight excluding hydrogens is 271 g/mol. The molecule has 2 aliphatic carbocycles. The number of nitrogens with zero attached hydrogens (tertiary/aromatic N) is 2. The number of fused-ring (bicyclic) bond motifs is 2. The van der Waals surface area contributed by atoms with Crippen molar-refractivity contribution < 1.29 is 9.18 Å². The summed E-state index contributed by atoms with van der Waals surface area (Å²) < 4.78 is 13.6. The molecule has 5 nitrogen and oxygen atoms in total. The van der Waals surface area contributed by atoms with Crippen LogP contribution in [0.25, 0.3) is 0 Å². The maximum atomic E-state index is 13.6. The average Bonchev–Trinajstić information content (AvgIpc) is 2.94. The highest BCUT2D eigenvalue weighted by molar-refractivity contribution is 6.28. The monoisotopic (exact) mass is 284 g/mol. The molecule has 19 heavy (non-hydrogen) atoms. The largest absolute Gasteiger partial charge is 0.369 e. The van der Waals surface area contributed by atoms with Crippen molar-refractivity contribution >= 4 is 23.3 Å². The fourth-order valence-corrected chi connectivity index (χ4v) is 3.65. The van der Waals surface area contributed by atoms with Crippen LogP contribution in [0.2, 0.25) is 5.28 Å². The van der Waals surface area contributed by atoms with Gasteiger partial charge in [-0.3, -0.25) is 4.79 Å². The molecule has 1 heterocycles. The van der Waals surface area contributed by atoms with Crippen LogP contribution in [0.15, 0.2) is 6.20 Å². The summed E-state index contributed by atoms with van der Waals surface area (Å²) in [5, 5.41) is 2.98. The average molecular weight is 285 g/mol. The molecule has 0 aliphatic heterocycles. The second-order valence-corrected chi connectivity index (χ2v) is 5.61. The van der Waals surface area contributed by atoms with Crippen LogP contribution in [0, 0.1) is 23.6 Å². The molecular formula is C12H14ClFN4O. The van der Waals surface area contributed by atoms with E-state index in [1.165, 1.54) is 0 Å². The SMILES string of the molecule is NC(=O)[C@H]1[C@@H]2CC[C@@H](C2)[C@H]1Nc1nc(Cl)ncc1F. The molecule has 3 rings (SSSR count). The fourth-order valence-electron chi connectivity index (χ4n) is 3.51. The smallest absolute Gasteiger partial charge is 0.224 e. The van der Waals surface area contributed by atoms with Crippen molar-refractivity contribution in [2.75, 3.05) is 5.32 Å². The van der Waals surface area contributed by atoms with E-state index in [1.807, 2.05) is 0 Å². The van der Waals surface area contributed by atoms with Gasteiger partial charge in [0.25, 0.3) is 0 Å². The molecule has 4 atom stereocenters. The third kappa shape index (κ3) is 2.14. The Morgan fingerprint density at radius 3 is 2.95 bits per heavy atom. The van der Waals surface area contributed by atoms with Gasteiger partial charge in [-0.2, -0.15) is 4.98 Å². The van der Waals surface area contributed by atoms with Crippen LogP contribution >= 0.6 is 11.6 Å². The lowest BCUT2D eigenvalue weighted by Gasteiger charge is -2.30. The normalized spacial score (nSPS) is 32.5. The lowest BCUT2D eigenvalue weighted by molar-refractivity contribution is -0.123. The predicted molar refractivity (Wildman–Crippen MR) is 67.9 cm³/mol.